The molecule has 1 aromatic carbocycles. The molecule has 4 rings (SSSR count). The fourth-order valence-corrected chi connectivity index (χ4v) is 3.19. The van der Waals surface area contributed by atoms with Crippen molar-refractivity contribution < 1.29 is 14.6 Å². The summed E-state index contributed by atoms with van der Waals surface area (Å²) in [6.07, 6.45) is 5.74. The number of aromatic nitrogens is 5. The van der Waals surface area contributed by atoms with Gasteiger partial charge in [0.15, 0.2) is 5.82 Å². The Bertz CT molecular complexity index is 1160. The smallest absolute Gasteiger partial charge is 0.172 e. The molecule has 0 aliphatic heterocycles. The second kappa shape index (κ2) is 8.98. The van der Waals surface area contributed by atoms with E-state index >= 15 is 0 Å². The second-order valence-corrected chi connectivity index (χ2v) is 6.70. The number of fused-ring (bicyclic) bond motifs is 1. The first-order valence-corrected chi connectivity index (χ1v) is 9.75. The highest BCUT2D eigenvalue weighted by Gasteiger charge is 2.15. The van der Waals surface area contributed by atoms with Crippen molar-refractivity contribution in [2.24, 2.45) is 0 Å². The molecule has 0 unspecified atom stereocenters. The molecule has 0 saturated carbocycles. The lowest BCUT2D eigenvalue weighted by Crippen LogP contribution is -2.05. The van der Waals surface area contributed by atoms with Crippen LogP contribution >= 0.6 is 0 Å². The van der Waals surface area contributed by atoms with Gasteiger partial charge in [-0.15, -0.1) is 0 Å². The molecule has 0 amide bonds. The van der Waals surface area contributed by atoms with E-state index in [0.717, 1.165) is 34.3 Å². The number of hydrogen-bond donors (Lipinski definition) is 1. The average Bonchev–Trinajstić information content (AvgIpc) is 3.23. The molecule has 8 heteroatoms. The lowest BCUT2D eigenvalue weighted by Gasteiger charge is -2.11. The minimum atomic E-state index is -0.190. The van der Waals surface area contributed by atoms with Crippen LogP contribution in [0.4, 0.5) is 0 Å². The molecule has 3 aromatic heterocycles. The summed E-state index contributed by atoms with van der Waals surface area (Å²) in [6, 6.07) is 9.98. The van der Waals surface area contributed by atoms with Crippen molar-refractivity contribution >= 4 is 10.9 Å². The summed E-state index contributed by atoms with van der Waals surface area (Å²) in [5, 5.41) is 14.8. The summed E-state index contributed by atoms with van der Waals surface area (Å²) in [4.78, 5) is 13.3. The molecule has 0 bridgehead atoms. The molecule has 30 heavy (non-hydrogen) atoms. The van der Waals surface area contributed by atoms with Crippen LogP contribution in [0.1, 0.15) is 18.3 Å². The molecule has 0 saturated heterocycles. The first kappa shape index (κ1) is 19.9. The summed E-state index contributed by atoms with van der Waals surface area (Å²) in [7, 11) is 1.64. The monoisotopic (exact) mass is 405 g/mol. The van der Waals surface area contributed by atoms with Gasteiger partial charge in [0.2, 0.25) is 0 Å². The van der Waals surface area contributed by atoms with Gasteiger partial charge in [0.1, 0.15) is 12.4 Å². The van der Waals surface area contributed by atoms with Crippen LogP contribution in [0.3, 0.4) is 0 Å². The molecule has 0 spiro atoms. The normalized spacial score (nSPS) is 11.2. The Morgan fingerprint density at radius 3 is 2.73 bits per heavy atom. The molecule has 1 N–H and O–H groups in total. The zero-order valence-electron chi connectivity index (χ0n) is 16.9. The molecule has 0 aliphatic carbocycles. The standard InChI is InChI=1S/C22H23N5O3/c1-3-16-5-4-6-19(25-16)15-9-20-18(21(10-15)30-8-7-29-2)12-24-27(20)22-13-23-11-17(14-28)26-22/h4-6,9-13,28H,3,7-8,14H2,1-2H3. The van der Waals surface area contributed by atoms with Gasteiger partial charge < -0.3 is 14.6 Å². The number of ether oxygens (including phenoxy) is 2. The number of aliphatic hydroxyl groups is 1. The first-order valence-electron chi connectivity index (χ1n) is 9.75. The Labute approximate surface area is 174 Å². The Morgan fingerprint density at radius 2 is 1.93 bits per heavy atom. The van der Waals surface area contributed by atoms with Crippen LogP contribution < -0.4 is 4.74 Å². The van der Waals surface area contributed by atoms with Gasteiger partial charge in [-0.3, -0.25) is 9.97 Å². The number of aryl methyl sites for hydroxylation is 1. The van der Waals surface area contributed by atoms with Gasteiger partial charge >= 0.3 is 0 Å². The van der Waals surface area contributed by atoms with Gasteiger partial charge in [0.25, 0.3) is 0 Å². The summed E-state index contributed by atoms with van der Waals surface area (Å²) in [6.45, 7) is 2.79. The third-order valence-corrected chi connectivity index (χ3v) is 4.71. The van der Waals surface area contributed by atoms with E-state index in [4.69, 9.17) is 14.5 Å². The van der Waals surface area contributed by atoms with Crippen molar-refractivity contribution in [3.8, 4) is 22.8 Å². The largest absolute Gasteiger partial charge is 0.490 e. The lowest BCUT2D eigenvalue weighted by molar-refractivity contribution is 0.147. The van der Waals surface area contributed by atoms with E-state index in [1.807, 2.05) is 30.3 Å². The van der Waals surface area contributed by atoms with E-state index < -0.39 is 0 Å². The Morgan fingerprint density at radius 1 is 1.03 bits per heavy atom. The summed E-state index contributed by atoms with van der Waals surface area (Å²) in [5.74, 6) is 1.22. The Hall–Kier alpha value is -3.36. The SMILES string of the molecule is CCc1cccc(-c2cc(OCCOC)c3cnn(-c4cncc(CO)n4)c3c2)n1. The summed E-state index contributed by atoms with van der Waals surface area (Å²) >= 11 is 0. The van der Waals surface area contributed by atoms with Crippen molar-refractivity contribution in [2.75, 3.05) is 20.3 Å². The number of nitrogens with zero attached hydrogens (tertiary/aromatic N) is 5. The topological polar surface area (TPSA) is 95.2 Å². The predicted molar refractivity (Wildman–Crippen MR) is 113 cm³/mol. The van der Waals surface area contributed by atoms with Gasteiger partial charge in [0, 0.05) is 18.4 Å². The van der Waals surface area contributed by atoms with Crippen LogP contribution in [0, 0.1) is 0 Å². The van der Waals surface area contributed by atoms with Crippen molar-refractivity contribution in [1.82, 2.24) is 24.7 Å². The van der Waals surface area contributed by atoms with Gasteiger partial charge in [-0.25, -0.2) is 9.67 Å². The van der Waals surface area contributed by atoms with Gasteiger partial charge in [0.05, 0.1) is 54.1 Å². The minimum Gasteiger partial charge on any atom is -0.490 e. The lowest BCUT2D eigenvalue weighted by atomic mass is 10.1. The molecular formula is C22H23N5O3. The second-order valence-electron chi connectivity index (χ2n) is 6.70. The Kier molecular flexibility index (Phi) is 5.97. The maximum absolute atomic E-state index is 9.41. The maximum Gasteiger partial charge on any atom is 0.172 e. The summed E-state index contributed by atoms with van der Waals surface area (Å²) in [5.41, 5.74) is 4.08. The quantitative estimate of drug-likeness (QED) is 0.450. The van der Waals surface area contributed by atoms with E-state index in [9.17, 15) is 5.11 Å². The van der Waals surface area contributed by atoms with Gasteiger partial charge in [-0.2, -0.15) is 5.10 Å². The fourth-order valence-electron chi connectivity index (χ4n) is 3.19. The number of rotatable bonds is 8. The number of pyridine rings is 1. The minimum absolute atomic E-state index is 0.190. The zero-order chi connectivity index (χ0) is 20.9. The Balaban J connectivity index is 1.87. The van der Waals surface area contributed by atoms with E-state index in [1.54, 1.807) is 24.2 Å². The van der Waals surface area contributed by atoms with Crippen molar-refractivity contribution in [2.45, 2.75) is 20.0 Å². The van der Waals surface area contributed by atoms with Crippen LogP contribution in [0.5, 0.6) is 5.75 Å². The van der Waals surface area contributed by atoms with Crippen LogP contribution in [-0.4, -0.2) is 50.2 Å². The fraction of sp³-hybridized carbons (Fsp3) is 0.273. The predicted octanol–water partition coefficient (Wildman–Crippen LogP) is 2.96. The van der Waals surface area contributed by atoms with Crippen LogP contribution in [-0.2, 0) is 17.8 Å². The third-order valence-electron chi connectivity index (χ3n) is 4.71. The van der Waals surface area contributed by atoms with Crippen LogP contribution in [0.2, 0.25) is 0 Å². The highest BCUT2D eigenvalue weighted by Crippen LogP contribution is 2.33. The van der Waals surface area contributed by atoms with E-state index in [1.165, 1.54) is 6.20 Å². The molecule has 154 valence electrons. The highest BCUT2D eigenvalue weighted by molar-refractivity contribution is 5.90. The number of hydrogen-bond acceptors (Lipinski definition) is 7. The number of methoxy groups -OCH3 is 1. The van der Waals surface area contributed by atoms with Gasteiger partial charge in [-0.1, -0.05) is 13.0 Å². The summed E-state index contributed by atoms with van der Waals surface area (Å²) < 4.78 is 12.8. The number of benzene rings is 1. The molecule has 8 nitrogen and oxygen atoms in total. The van der Waals surface area contributed by atoms with Crippen LogP contribution in [0.15, 0.2) is 48.9 Å². The van der Waals surface area contributed by atoms with E-state index in [2.05, 4.69) is 22.0 Å². The molecule has 3 heterocycles. The molecule has 0 aliphatic rings. The van der Waals surface area contributed by atoms with Crippen molar-refractivity contribution in [3.05, 3.63) is 60.3 Å². The molecule has 4 aromatic rings. The third kappa shape index (κ3) is 4.00. The molecule has 0 radical (unpaired) electrons. The zero-order valence-corrected chi connectivity index (χ0v) is 16.9. The van der Waals surface area contributed by atoms with Crippen LogP contribution in [0.25, 0.3) is 28.0 Å². The average molecular weight is 405 g/mol. The number of aliphatic hydroxyl groups excluding tert-OH is 1. The molecular weight excluding hydrogens is 382 g/mol. The van der Waals surface area contributed by atoms with Crippen molar-refractivity contribution in [3.63, 3.8) is 0 Å². The molecule has 0 atom stereocenters. The maximum atomic E-state index is 9.41. The highest BCUT2D eigenvalue weighted by atomic mass is 16.5. The van der Waals surface area contributed by atoms with E-state index in [0.29, 0.717) is 30.5 Å². The van der Waals surface area contributed by atoms with E-state index in [-0.39, 0.29) is 6.61 Å². The first-order chi connectivity index (χ1) is 14.7. The molecule has 0 fully saturated rings. The van der Waals surface area contributed by atoms with Crippen molar-refractivity contribution in [1.29, 1.82) is 0 Å². The van der Waals surface area contributed by atoms with Gasteiger partial charge in [-0.05, 0) is 30.7 Å².